The molecule has 18 heavy (non-hydrogen) atoms. The zero-order chi connectivity index (χ0) is 13.0. The van der Waals surface area contributed by atoms with Crippen molar-refractivity contribution in [3.63, 3.8) is 0 Å². The van der Waals surface area contributed by atoms with Crippen molar-refractivity contribution in [2.75, 3.05) is 5.75 Å². The van der Waals surface area contributed by atoms with Gasteiger partial charge < -0.3 is 0 Å². The van der Waals surface area contributed by atoms with Gasteiger partial charge in [-0.15, -0.1) is 5.10 Å². The fraction of sp³-hybridized carbons (Fsp3) is 0.750. The molecule has 0 saturated heterocycles. The molecular formula is C12H19N3O2S. The SMILES string of the molecule is CCn1c(SCC(=O)C2CCCCC2)n[nH]c1=O. The van der Waals surface area contributed by atoms with Crippen molar-refractivity contribution in [2.45, 2.75) is 50.7 Å². The summed E-state index contributed by atoms with van der Waals surface area (Å²) in [6.07, 6.45) is 5.65. The van der Waals surface area contributed by atoms with Gasteiger partial charge in [-0.1, -0.05) is 31.0 Å². The molecule has 1 N–H and O–H groups in total. The molecule has 0 unspecified atom stereocenters. The van der Waals surface area contributed by atoms with Gasteiger partial charge in [0.2, 0.25) is 0 Å². The lowest BCUT2D eigenvalue weighted by molar-refractivity contribution is -0.121. The van der Waals surface area contributed by atoms with Crippen LogP contribution in [0.25, 0.3) is 0 Å². The number of H-pyrrole nitrogens is 1. The largest absolute Gasteiger partial charge is 0.343 e. The van der Waals surface area contributed by atoms with Gasteiger partial charge in [0, 0.05) is 12.5 Å². The van der Waals surface area contributed by atoms with Crippen molar-refractivity contribution in [2.24, 2.45) is 5.92 Å². The fourth-order valence-electron chi connectivity index (χ4n) is 2.37. The molecule has 0 radical (unpaired) electrons. The number of carbonyl (C=O) groups excluding carboxylic acids is 1. The van der Waals surface area contributed by atoms with Crippen LogP contribution in [0.15, 0.2) is 9.95 Å². The zero-order valence-corrected chi connectivity index (χ0v) is 11.5. The lowest BCUT2D eigenvalue weighted by Crippen LogP contribution is -2.20. The van der Waals surface area contributed by atoms with E-state index in [-0.39, 0.29) is 11.6 Å². The first-order valence-corrected chi connectivity index (χ1v) is 7.51. The van der Waals surface area contributed by atoms with E-state index in [4.69, 9.17) is 0 Å². The van der Waals surface area contributed by atoms with Crippen LogP contribution in [0.3, 0.4) is 0 Å². The minimum Gasteiger partial charge on any atom is -0.298 e. The topological polar surface area (TPSA) is 67.8 Å². The third-order valence-electron chi connectivity index (χ3n) is 3.44. The van der Waals surface area contributed by atoms with Crippen molar-refractivity contribution in [3.8, 4) is 0 Å². The van der Waals surface area contributed by atoms with Gasteiger partial charge in [0.15, 0.2) is 5.16 Å². The van der Waals surface area contributed by atoms with Crippen LogP contribution in [0.5, 0.6) is 0 Å². The molecule has 0 amide bonds. The van der Waals surface area contributed by atoms with Crippen LogP contribution in [0, 0.1) is 5.92 Å². The number of hydrogen-bond donors (Lipinski definition) is 1. The second-order valence-electron chi connectivity index (χ2n) is 4.65. The fourth-order valence-corrected chi connectivity index (χ4v) is 3.36. The highest BCUT2D eigenvalue weighted by atomic mass is 32.2. The second-order valence-corrected chi connectivity index (χ2v) is 5.59. The van der Waals surface area contributed by atoms with Gasteiger partial charge in [0.1, 0.15) is 5.78 Å². The van der Waals surface area contributed by atoms with E-state index in [1.807, 2.05) is 6.92 Å². The summed E-state index contributed by atoms with van der Waals surface area (Å²) in [7, 11) is 0. The highest BCUT2D eigenvalue weighted by molar-refractivity contribution is 7.99. The first-order chi connectivity index (χ1) is 8.72. The van der Waals surface area contributed by atoms with Crippen molar-refractivity contribution in [1.29, 1.82) is 0 Å². The Hall–Kier alpha value is -1.04. The molecular weight excluding hydrogens is 250 g/mol. The average Bonchev–Trinajstić information content (AvgIpc) is 2.77. The monoisotopic (exact) mass is 269 g/mol. The normalized spacial score (nSPS) is 16.9. The van der Waals surface area contributed by atoms with E-state index in [0.717, 1.165) is 12.8 Å². The van der Waals surface area contributed by atoms with Crippen molar-refractivity contribution >= 4 is 17.5 Å². The maximum absolute atomic E-state index is 12.0. The van der Waals surface area contributed by atoms with E-state index in [0.29, 0.717) is 23.2 Å². The maximum atomic E-state index is 12.0. The molecule has 5 nitrogen and oxygen atoms in total. The van der Waals surface area contributed by atoms with E-state index >= 15 is 0 Å². The quantitative estimate of drug-likeness (QED) is 0.828. The number of ketones is 1. The third-order valence-corrected chi connectivity index (χ3v) is 4.44. The molecule has 6 heteroatoms. The van der Waals surface area contributed by atoms with Gasteiger partial charge in [0.25, 0.3) is 0 Å². The lowest BCUT2D eigenvalue weighted by atomic mass is 9.87. The second kappa shape index (κ2) is 6.22. The molecule has 1 heterocycles. The lowest BCUT2D eigenvalue weighted by Gasteiger charge is -2.19. The van der Waals surface area contributed by atoms with Crippen LogP contribution >= 0.6 is 11.8 Å². The molecule has 0 bridgehead atoms. The molecule has 1 fully saturated rings. The molecule has 1 saturated carbocycles. The van der Waals surface area contributed by atoms with Crippen LogP contribution < -0.4 is 5.69 Å². The van der Waals surface area contributed by atoms with Gasteiger partial charge in [0.05, 0.1) is 5.75 Å². The Kier molecular flexibility index (Phi) is 4.63. The highest BCUT2D eigenvalue weighted by Gasteiger charge is 2.21. The van der Waals surface area contributed by atoms with Gasteiger partial charge in [-0.3, -0.25) is 9.36 Å². The predicted octanol–water partition coefficient (Wildman–Crippen LogP) is 1.83. The molecule has 1 aromatic heterocycles. The minimum absolute atomic E-state index is 0.204. The van der Waals surface area contributed by atoms with E-state index < -0.39 is 0 Å². The first kappa shape index (κ1) is 13.4. The van der Waals surface area contributed by atoms with Crippen molar-refractivity contribution in [1.82, 2.24) is 14.8 Å². The number of carbonyl (C=O) groups is 1. The number of nitrogens with one attached hydrogen (secondary N) is 1. The number of rotatable bonds is 5. The molecule has 0 atom stereocenters. The number of aromatic nitrogens is 3. The molecule has 1 aliphatic carbocycles. The number of hydrogen-bond acceptors (Lipinski definition) is 4. The molecule has 1 aliphatic rings. The predicted molar refractivity (Wildman–Crippen MR) is 70.8 cm³/mol. The van der Waals surface area contributed by atoms with Crippen LogP contribution in [-0.2, 0) is 11.3 Å². The Morgan fingerprint density at radius 3 is 2.83 bits per heavy atom. The summed E-state index contributed by atoms with van der Waals surface area (Å²) in [5.41, 5.74) is -0.204. The summed E-state index contributed by atoms with van der Waals surface area (Å²) in [6, 6.07) is 0. The number of thioether (sulfide) groups is 1. The summed E-state index contributed by atoms with van der Waals surface area (Å²) in [4.78, 5) is 23.4. The van der Waals surface area contributed by atoms with Crippen LogP contribution in [0.2, 0.25) is 0 Å². The summed E-state index contributed by atoms with van der Waals surface area (Å²) in [5, 5.41) is 6.97. The molecule has 2 rings (SSSR count). The van der Waals surface area contributed by atoms with E-state index in [2.05, 4.69) is 10.2 Å². The van der Waals surface area contributed by atoms with Gasteiger partial charge in [-0.2, -0.15) is 0 Å². The van der Waals surface area contributed by atoms with Gasteiger partial charge in [-0.25, -0.2) is 9.89 Å². The summed E-state index contributed by atoms with van der Waals surface area (Å²) in [5.74, 6) is 0.958. The molecule has 100 valence electrons. The van der Waals surface area contributed by atoms with Crippen LogP contribution in [0.1, 0.15) is 39.0 Å². The highest BCUT2D eigenvalue weighted by Crippen LogP contribution is 2.26. The molecule has 1 aromatic rings. The van der Waals surface area contributed by atoms with Crippen molar-refractivity contribution < 1.29 is 4.79 Å². The van der Waals surface area contributed by atoms with Gasteiger partial charge in [-0.05, 0) is 19.8 Å². The third kappa shape index (κ3) is 3.04. The molecule has 0 aliphatic heterocycles. The zero-order valence-electron chi connectivity index (χ0n) is 10.6. The minimum atomic E-state index is -0.204. The Morgan fingerprint density at radius 1 is 1.44 bits per heavy atom. The first-order valence-electron chi connectivity index (χ1n) is 6.53. The Bertz CT molecular complexity index is 460. The van der Waals surface area contributed by atoms with E-state index in [1.54, 1.807) is 4.57 Å². The summed E-state index contributed by atoms with van der Waals surface area (Å²) in [6.45, 7) is 2.47. The van der Waals surface area contributed by atoms with Gasteiger partial charge >= 0.3 is 5.69 Å². The smallest absolute Gasteiger partial charge is 0.298 e. The standard InChI is InChI=1S/C12H19N3O2S/c1-2-15-11(17)13-14-12(15)18-8-10(16)9-6-4-3-5-7-9/h9H,2-8H2,1H3,(H,13,17). The number of aromatic amines is 1. The molecule has 0 aromatic carbocycles. The maximum Gasteiger partial charge on any atom is 0.343 e. The summed E-state index contributed by atoms with van der Waals surface area (Å²) < 4.78 is 1.55. The van der Waals surface area contributed by atoms with E-state index in [9.17, 15) is 9.59 Å². The van der Waals surface area contributed by atoms with E-state index in [1.165, 1.54) is 31.0 Å². The average molecular weight is 269 g/mol. The Labute approximate surface area is 110 Å². The number of Topliss-reactive ketones (excluding diaryl/α,β-unsaturated/α-hetero) is 1. The van der Waals surface area contributed by atoms with Crippen LogP contribution in [0.4, 0.5) is 0 Å². The Balaban J connectivity index is 1.90. The van der Waals surface area contributed by atoms with Crippen LogP contribution in [-0.4, -0.2) is 26.3 Å². The molecule has 0 spiro atoms. The Morgan fingerprint density at radius 2 is 2.17 bits per heavy atom. The number of nitrogens with zero attached hydrogens (tertiary/aromatic N) is 2. The van der Waals surface area contributed by atoms with Crippen molar-refractivity contribution in [3.05, 3.63) is 10.5 Å². The summed E-state index contributed by atoms with van der Waals surface area (Å²) >= 11 is 1.37.